The summed E-state index contributed by atoms with van der Waals surface area (Å²) in [6, 6.07) is 10.2. The second-order valence-corrected chi connectivity index (χ2v) is 4.89. The van der Waals surface area contributed by atoms with Crippen LogP contribution in [-0.4, -0.2) is 11.8 Å². The highest BCUT2D eigenvalue weighted by Gasteiger charge is 2.33. The molecule has 100 valence electrons. The van der Waals surface area contributed by atoms with Gasteiger partial charge in [0.15, 0.2) is 0 Å². The first-order chi connectivity index (χ1) is 9.08. The van der Waals surface area contributed by atoms with Gasteiger partial charge in [0.2, 0.25) is 5.91 Å². The molecule has 0 heterocycles. The van der Waals surface area contributed by atoms with Gasteiger partial charge in [-0.15, -0.1) is 0 Å². The summed E-state index contributed by atoms with van der Waals surface area (Å²) in [6.07, 6.45) is 3.40. The van der Waals surface area contributed by atoms with E-state index in [0.29, 0.717) is 11.6 Å². The van der Waals surface area contributed by atoms with Crippen molar-refractivity contribution in [1.29, 1.82) is 0 Å². The molecule has 1 aromatic rings. The van der Waals surface area contributed by atoms with E-state index < -0.39 is 5.91 Å². The van der Waals surface area contributed by atoms with E-state index in [0.717, 1.165) is 12.8 Å². The van der Waals surface area contributed by atoms with E-state index >= 15 is 0 Å². The van der Waals surface area contributed by atoms with Gasteiger partial charge in [-0.05, 0) is 24.3 Å². The molecule has 0 aromatic heterocycles. The molecule has 0 bridgehead atoms. The number of benzene rings is 1. The van der Waals surface area contributed by atoms with Crippen LogP contribution < -0.4 is 11.1 Å². The van der Waals surface area contributed by atoms with Gasteiger partial charge in [-0.3, -0.25) is 14.9 Å². The fraction of sp³-hybridized carbons (Fsp3) is 0.333. The van der Waals surface area contributed by atoms with Crippen molar-refractivity contribution in [3.05, 3.63) is 47.7 Å². The van der Waals surface area contributed by atoms with Crippen LogP contribution in [0.15, 0.2) is 42.1 Å². The SMILES string of the molecule is CC(=O)NC(=O)/C=C(\N)[C@H]1CC[C@H]1c1ccccc1. The lowest BCUT2D eigenvalue weighted by Crippen LogP contribution is -2.32. The number of carbonyl (C=O) groups excluding carboxylic acids is 2. The summed E-state index contributed by atoms with van der Waals surface area (Å²) in [4.78, 5) is 22.2. The average Bonchev–Trinajstić information content (AvgIpc) is 2.27. The highest BCUT2D eigenvalue weighted by Crippen LogP contribution is 2.44. The molecule has 0 spiro atoms. The van der Waals surface area contributed by atoms with Gasteiger partial charge in [-0.2, -0.15) is 0 Å². The fourth-order valence-electron chi connectivity index (χ4n) is 2.47. The number of amides is 2. The molecule has 0 aliphatic heterocycles. The monoisotopic (exact) mass is 258 g/mol. The predicted octanol–water partition coefficient (Wildman–Crippen LogP) is 1.69. The third-order valence-electron chi connectivity index (χ3n) is 3.53. The molecular weight excluding hydrogens is 240 g/mol. The van der Waals surface area contributed by atoms with Crippen molar-refractivity contribution in [2.24, 2.45) is 11.7 Å². The summed E-state index contributed by atoms with van der Waals surface area (Å²) in [5.41, 5.74) is 7.78. The van der Waals surface area contributed by atoms with E-state index in [1.54, 1.807) is 0 Å². The number of hydrogen-bond acceptors (Lipinski definition) is 3. The Morgan fingerprint density at radius 2 is 1.95 bits per heavy atom. The molecule has 1 aromatic carbocycles. The second kappa shape index (κ2) is 5.69. The van der Waals surface area contributed by atoms with Crippen LogP contribution in [0.5, 0.6) is 0 Å². The minimum Gasteiger partial charge on any atom is -0.402 e. The number of carbonyl (C=O) groups is 2. The van der Waals surface area contributed by atoms with E-state index in [-0.39, 0.29) is 11.8 Å². The van der Waals surface area contributed by atoms with Crippen LogP contribution in [0.3, 0.4) is 0 Å². The molecule has 0 radical (unpaired) electrons. The van der Waals surface area contributed by atoms with Crippen molar-refractivity contribution >= 4 is 11.8 Å². The normalized spacial score (nSPS) is 22.5. The number of rotatable bonds is 3. The lowest BCUT2D eigenvalue weighted by Gasteiger charge is -2.37. The third kappa shape index (κ3) is 3.22. The van der Waals surface area contributed by atoms with E-state index in [4.69, 9.17) is 5.73 Å². The van der Waals surface area contributed by atoms with E-state index in [2.05, 4.69) is 17.4 Å². The molecule has 19 heavy (non-hydrogen) atoms. The molecule has 2 amide bonds. The fourth-order valence-corrected chi connectivity index (χ4v) is 2.47. The molecule has 3 N–H and O–H groups in total. The molecule has 2 rings (SSSR count). The van der Waals surface area contributed by atoms with E-state index in [1.807, 2.05) is 18.2 Å². The van der Waals surface area contributed by atoms with Gasteiger partial charge in [0.1, 0.15) is 0 Å². The Morgan fingerprint density at radius 3 is 2.47 bits per heavy atom. The number of allylic oxidation sites excluding steroid dienone is 1. The molecule has 0 unspecified atom stereocenters. The summed E-state index contributed by atoms with van der Waals surface area (Å²) >= 11 is 0. The first-order valence-corrected chi connectivity index (χ1v) is 6.41. The minimum absolute atomic E-state index is 0.195. The minimum atomic E-state index is -0.441. The van der Waals surface area contributed by atoms with Gasteiger partial charge in [0, 0.05) is 24.6 Å². The maximum absolute atomic E-state index is 11.5. The van der Waals surface area contributed by atoms with Gasteiger partial charge in [-0.1, -0.05) is 30.3 Å². The highest BCUT2D eigenvalue weighted by atomic mass is 16.2. The Hall–Kier alpha value is -2.10. The summed E-state index contributed by atoms with van der Waals surface area (Å²) in [7, 11) is 0. The van der Waals surface area contributed by atoms with Crippen LogP contribution in [0, 0.1) is 5.92 Å². The lowest BCUT2D eigenvalue weighted by molar-refractivity contribution is -0.126. The standard InChI is InChI=1S/C15H18N2O2/c1-10(18)17-15(19)9-14(16)13-8-7-12(13)11-5-3-2-4-6-11/h2-6,9,12-13H,7-8,16H2,1H3,(H,17,18,19)/b14-9-/t12-,13-/m0/s1. The zero-order chi connectivity index (χ0) is 13.8. The van der Waals surface area contributed by atoms with Crippen molar-refractivity contribution in [3.63, 3.8) is 0 Å². The molecule has 2 atom stereocenters. The first kappa shape index (κ1) is 13.3. The van der Waals surface area contributed by atoms with Crippen molar-refractivity contribution < 1.29 is 9.59 Å². The Morgan fingerprint density at radius 1 is 1.26 bits per heavy atom. The number of nitrogens with one attached hydrogen (secondary N) is 1. The molecule has 4 heteroatoms. The first-order valence-electron chi connectivity index (χ1n) is 6.41. The van der Waals surface area contributed by atoms with E-state index in [9.17, 15) is 9.59 Å². The van der Waals surface area contributed by atoms with Gasteiger partial charge in [0.05, 0.1) is 0 Å². The highest BCUT2D eigenvalue weighted by molar-refractivity contribution is 6.00. The Labute approximate surface area is 112 Å². The maximum atomic E-state index is 11.5. The van der Waals surface area contributed by atoms with Crippen LogP contribution >= 0.6 is 0 Å². The Bertz CT molecular complexity index is 508. The number of nitrogens with two attached hydrogens (primary N) is 1. The molecule has 1 aliphatic carbocycles. The van der Waals surface area contributed by atoms with E-state index in [1.165, 1.54) is 18.6 Å². The zero-order valence-electron chi connectivity index (χ0n) is 10.9. The van der Waals surface area contributed by atoms with Crippen molar-refractivity contribution in [2.45, 2.75) is 25.7 Å². The summed E-state index contributed by atoms with van der Waals surface area (Å²) in [6.45, 7) is 1.30. The molecule has 1 aliphatic rings. The van der Waals surface area contributed by atoms with Crippen LogP contribution in [0.2, 0.25) is 0 Å². The van der Waals surface area contributed by atoms with Gasteiger partial charge < -0.3 is 5.73 Å². The van der Waals surface area contributed by atoms with Gasteiger partial charge in [0.25, 0.3) is 5.91 Å². The molecule has 1 saturated carbocycles. The Kier molecular flexibility index (Phi) is 4.00. The predicted molar refractivity (Wildman–Crippen MR) is 73.0 cm³/mol. The molecule has 1 fully saturated rings. The summed E-state index contributed by atoms with van der Waals surface area (Å²) in [5, 5.41) is 2.20. The van der Waals surface area contributed by atoms with Crippen LogP contribution in [-0.2, 0) is 9.59 Å². The molecule has 0 saturated heterocycles. The number of imide groups is 1. The number of hydrogen-bond donors (Lipinski definition) is 2. The van der Waals surface area contributed by atoms with Crippen molar-refractivity contribution in [3.8, 4) is 0 Å². The van der Waals surface area contributed by atoms with Crippen molar-refractivity contribution in [1.82, 2.24) is 5.32 Å². The molecule has 4 nitrogen and oxygen atoms in total. The van der Waals surface area contributed by atoms with Gasteiger partial charge >= 0.3 is 0 Å². The molecular formula is C15H18N2O2. The maximum Gasteiger partial charge on any atom is 0.252 e. The Balaban J connectivity index is 2.04. The van der Waals surface area contributed by atoms with Crippen LogP contribution in [0.25, 0.3) is 0 Å². The topological polar surface area (TPSA) is 72.2 Å². The lowest BCUT2D eigenvalue weighted by atomic mass is 9.68. The van der Waals surface area contributed by atoms with Crippen molar-refractivity contribution in [2.75, 3.05) is 0 Å². The zero-order valence-corrected chi connectivity index (χ0v) is 10.9. The third-order valence-corrected chi connectivity index (χ3v) is 3.53. The quantitative estimate of drug-likeness (QED) is 0.810. The second-order valence-electron chi connectivity index (χ2n) is 4.89. The summed E-state index contributed by atoms with van der Waals surface area (Å²) < 4.78 is 0. The van der Waals surface area contributed by atoms with Crippen LogP contribution in [0.4, 0.5) is 0 Å². The average molecular weight is 258 g/mol. The smallest absolute Gasteiger partial charge is 0.252 e. The van der Waals surface area contributed by atoms with Crippen LogP contribution in [0.1, 0.15) is 31.2 Å². The van der Waals surface area contributed by atoms with Gasteiger partial charge in [-0.25, -0.2) is 0 Å². The summed E-state index contributed by atoms with van der Waals surface area (Å²) in [5.74, 6) is -0.242. The largest absolute Gasteiger partial charge is 0.402 e.